The Bertz CT molecular complexity index is 889. The highest BCUT2D eigenvalue weighted by atomic mass is 16.5. The number of allylic oxidation sites excluding steroid dienone is 3. The minimum atomic E-state index is -0.438. The van der Waals surface area contributed by atoms with Crippen molar-refractivity contribution in [1.82, 2.24) is 10.2 Å². The van der Waals surface area contributed by atoms with Gasteiger partial charge in [0.15, 0.2) is 6.29 Å². The molecule has 0 aromatic heterocycles. The number of amides is 1. The number of rotatable bonds is 6. The standard InChI is InChI=1S/C25H30N2O3/c1-5-19(17-28)23-18(4)30-25(12-14-26-15-13-25)16-22(23)20-8-10-21(11-9-20)24(29)27(6-2)7-3/h5,8-11,16-17,26H,1,4,6-7,12-15H2,2-3H3/b23-19-. The van der Waals surface area contributed by atoms with Crippen LogP contribution in [-0.4, -0.2) is 48.9 Å². The van der Waals surface area contributed by atoms with E-state index in [1.165, 1.54) is 6.08 Å². The molecule has 1 aromatic rings. The molecule has 1 N–H and O–H groups in total. The molecular formula is C25H30N2O3. The Morgan fingerprint density at radius 3 is 2.37 bits per heavy atom. The molecule has 0 atom stereocenters. The van der Waals surface area contributed by atoms with Crippen molar-refractivity contribution in [3.05, 3.63) is 77.6 Å². The summed E-state index contributed by atoms with van der Waals surface area (Å²) in [7, 11) is 0. The van der Waals surface area contributed by atoms with Crippen LogP contribution in [-0.2, 0) is 9.53 Å². The lowest BCUT2D eigenvalue weighted by Crippen LogP contribution is -2.44. The summed E-state index contributed by atoms with van der Waals surface area (Å²) >= 11 is 0. The monoisotopic (exact) mass is 406 g/mol. The van der Waals surface area contributed by atoms with E-state index in [4.69, 9.17) is 4.74 Å². The Kier molecular flexibility index (Phi) is 6.73. The van der Waals surface area contributed by atoms with Gasteiger partial charge in [-0.3, -0.25) is 9.59 Å². The van der Waals surface area contributed by atoms with E-state index in [0.29, 0.717) is 35.6 Å². The number of hydrogen-bond acceptors (Lipinski definition) is 4. The first kappa shape index (κ1) is 21.8. The lowest BCUT2D eigenvalue weighted by molar-refractivity contribution is -0.104. The summed E-state index contributed by atoms with van der Waals surface area (Å²) in [6, 6.07) is 7.55. The topological polar surface area (TPSA) is 58.6 Å². The van der Waals surface area contributed by atoms with Gasteiger partial charge in [0.05, 0.1) is 0 Å². The predicted octanol–water partition coefficient (Wildman–Crippen LogP) is 3.90. The summed E-state index contributed by atoms with van der Waals surface area (Å²) in [5.41, 5.74) is 3.13. The van der Waals surface area contributed by atoms with E-state index in [0.717, 1.165) is 43.4 Å². The summed E-state index contributed by atoms with van der Waals surface area (Å²) in [5.74, 6) is 0.502. The van der Waals surface area contributed by atoms with Crippen molar-refractivity contribution in [3.63, 3.8) is 0 Å². The van der Waals surface area contributed by atoms with Crippen LogP contribution in [0, 0.1) is 0 Å². The average molecular weight is 407 g/mol. The van der Waals surface area contributed by atoms with Gasteiger partial charge in [0, 0.05) is 42.6 Å². The molecule has 5 heteroatoms. The normalized spacial score (nSPS) is 19.5. The number of nitrogens with zero attached hydrogens (tertiary/aromatic N) is 1. The summed E-state index contributed by atoms with van der Waals surface area (Å²) in [5, 5.41) is 3.36. The smallest absolute Gasteiger partial charge is 0.253 e. The van der Waals surface area contributed by atoms with E-state index in [-0.39, 0.29) is 5.91 Å². The minimum absolute atomic E-state index is 0.0159. The zero-order chi connectivity index (χ0) is 21.7. The van der Waals surface area contributed by atoms with Crippen LogP contribution < -0.4 is 5.32 Å². The molecule has 1 saturated heterocycles. The molecular weight excluding hydrogens is 376 g/mol. The molecule has 3 rings (SSSR count). The molecule has 1 aromatic carbocycles. The molecule has 1 amide bonds. The van der Waals surface area contributed by atoms with Crippen LogP contribution in [0.5, 0.6) is 0 Å². The number of piperidine rings is 1. The van der Waals surface area contributed by atoms with Crippen molar-refractivity contribution in [2.45, 2.75) is 32.3 Å². The van der Waals surface area contributed by atoms with Crippen LogP contribution in [0.15, 0.2) is 66.5 Å². The fourth-order valence-electron chi connectivity index (χ4n) is 4.15. The van der Waals surface area contributed by atoms with Gasteiger partial charge in [-0.05, 0) is 56.3 Å². The van der Waals surface area contributed by atoms with Crippen LogP contribution in [0.25, 0.3) is 5.57 Å². The van der Waals surface area contributed by atoms with Gasteiger partial charge < -0.3 is 15.0 Å². The van der Waals surface area contributed by atoms with E-state index in [1.807, 2.05) is 38.1 Å². The van der Waals surface area contributed by atoms with E-state index < -0.39 is 5.60 Å². The van der Waals surface area contributed by atoms with Gasteiger partial charge in [-0.1, -0.05) is 31.4 Å². The Labute approximate surface area is 178 Å². The molecule has 158 valence electrons. The molecule has 0 unspecified atom stereocenters. The molecule has 0 aliphatic carbocycles. The van der Waals surface area contributed by atoms with Crippen LogP contribution in [0.2, 0.25) is 0 Å². The molecule has 2 heterocycles. The van der Waals surface area contributed by atoms with Gasteiger partial charge in [-0.15, -0.1) is 0 Å². The minimum Gasteiger partial charge on any atom is -0.483 e. The maximum absolute atomic E-state index is 12.7. The first-order valence-corrected chi connectivity index (χ1v) is 10.5. The van der Waals surface area contributed by atoms with Crippen molar-refractivity contribution < 1.29 is 14.3 Å². The van der Waals surface area contributed by atoms with E-state index >= 15 is 0 Å². The largest absolute Gasteiger partial charge is 0.483 e. The van der Waals surface area contributed by atoms with Crippen LogP contribution >= 0.6 is 0 Å². The molecule has 2 aliphatic heterocycles. The third-order valence-corrected chi connectivity index (χ3v) is 5.86. The molecule has 5 nitrogen and oxygen atoms in total. The lowest BCUT2D eigenvalue weighted by Gasteiger charge is -2.41. The van der Waals surface area contributed by atoms with Gasteiger partial charge in [-0.2, -0.15) is 0 Å². The first-order chi connectivity index (χ1) is 14.5. The van der Waals surface area contributed by atoms with Crippen molar-refractivity contribution in [3.8, 4) is 0 Å². The summed E-state index contributed by atoms with van der Waals surface area (Å²) in [4.78, 5) is 26.1. The third kappa shape index (κ3) is 4.17. The van der Waals surface area contributed by atoms with Gasteiger partial charge in [0.25, 0.3) is 5.91 Å². The average Bonchev–Trinajstić information content (AvgIpc) is 2.77. The highest BCUT2D eigenvalue weighted by molar-refractivity contribution is 5.96. The maximum Gasteiger partial charge on any atom is 0.253 e. The highest BCUT2D eigenvalue weighted by Gasteiger charge is 2.38. The number of hydrogen-bond donors (Lipinski definition) is 1. The quantitative estimate of drug-likeness (QED) is 0.575. The number of nitrogens with one attached hydrogen (secondary N) is 1. The number of benzene rings is 1. The van der Waals surface area contributed by atoms with Crippen molar-refractivity contribution in [2.75, 3.05) is 26.2 Å². The second-order valence-corrected chi connectivity index (χ2v) is 7.61. The zero-order valence-corrected chi connectivity index (χ0v) is 17.9. The van der Waals surface area contributed by atoms with Gasteiger partial charge in [0.1, 0.15) is 11.4 Å². The Hall–Kier alpha value is -2.92. The van der Waals surface area contributed by atoms with Gasteiger partial charge in [0.2, 0.25) is 0 Å². The molecule has 0 saturated carbocycles. The van der Waals surface area contributed by atoms with Crippen molar-refractivity contribution in [1.29, 1.82) is 0 Å². The third-order valence-electron chi connectivity index (χ3n) is 5.86. The Morgan fingerprint density at radius 2 is 1.83 bits per heavy atom. The molecule has 1 spiro atoms. The summed E-state index contributed by atoms with van der Waals surface area (Å²) in [6.07, 6.45) is 6.08. The lowest BCUT2D eigenvalue weighted by atomic mass is 9.81. The second kappa shape index (κ2) is 9.26. The number of carbonyl (C=O) groups excluding carboxylic acids is 2. The predicted molar refractivity (Wildman–Crippen MR) is 120 cm³/mol. The number of aldehydes is 1. The molecule has 30 heavy (non-hydrogen) atoms. The fraction of sp³-hybridized carbons (Fsp3) is 0.360. The highest BCUT2D eigenvalue weighted by Crippen LogP contribution is 2.43. The molecule has 1 fully saturated rings. The number of carbonyl (C=O) groups is 2. The second-order valence-electron chi connectivity index (χ2n) is 7.61. The van der Waals surface area contributed by atoms with Gasteiger partial charge in [-0.25, -0.2) is 0 Å². The van der Waals surface area contributed by atoms with Crippen LogP contribution in [0.1, 0.15) is 42.6 Å². The van der Waals surface area contributed by atoms with E-state index in [9.17, 15) is 9.59 Å². The van der Waals surface area contributed by atoms with Crippen molar-refractivity contribution in [2.24, 2.45) is 0 Å². The zero-order valence-electron chi connectivity index (χ0n) is 17.9. The Morgan fingerprint density at radius 1 is 1.20 bits per heavy atom. The van der Waals surface area contributed by atoms with Crippen LogP contribution in [0.3, 0.4) is 0 Å². The van der Waals surface area contributed by atoms with Crippen molar-refractivity contribution >= 4 is 17.8 Å². The van der Waals surface area contributed by atoms with E-state index in [1.54, 1.807) is 4.90 Å². The fourth-order valence-corrected chi connectivity index (χ4v) is 4.15. The summed E-state index contributed by atoms with van der Waals surface area (Å²) < 4.78 is 6.25. The van der Waals surface area contributed by atoms with Crippen LogP contribution in [0.4, 0.5) is 0 Å². The molecule has 2 aliphatic rings. The Balaban J connectivity index is 2.07. The van der Waals surface area contributed by atoms with Gasteiger partial charge >= 0.3 is 0 Å². The SMILES string of the molecule is C=C/C(C=O)=C1\C(=C)OC2(C=C1c1ccc(C(=O)N(CC)CC)cc1)CCNCC2. The molecule has 0 radical (unpaired) electrons. The molecule has 0 bridgehead atoms. The number of ether oxygens (including phenoxy) is 1. The maximum atomic E-state index is 12.7. The first-order valence-electron chi connectivity index (χ1n) is 10.5. The summed E-state index contributed by atoms with van der Waals surface area (Å²) in [6.45, 7) is 14.9. The van der Waals surface area contributed by atoms with E-state index in [2.05, 4.69) is 24.6 Å².